The zero-order valence-electron chi connectivity index (χ0n) is 14.1. The molecule has 0 aliphatic carbocycles. The number of carbonyl (C=O) groups excluding carboxylic acids is 2. The third kappa shape index (κ3) is 6.22. The van der Waals surface area contributed by atoms with Crippen LogP contribution in [0.2, 0.25) is 0 Å². The van der Waals surface area contributed by atoms with Gasteiger partial charge in [0.1, 0.15) is 5.82 Å². The second-order valence-corrected chi connectivity index (χ2v) is 5.48. The Bertz CT molecular complexity index is 735. The first-order valence-corrected chi connectivity index (χ1v) is 7.78. The number of ether oxygens (including phenoxy) is 2. The number of hydrogen-bond acceptors (Lipinski definition) is 4. The van der Waals surface area contributed by atoms with Gasteiger partial charge in [-0.25, -0.2) is 4.39 Å². The van der Waals surface area contributed by atoms with Crippen LogP contribution in [0, 0.1) is 5.82 Å². The Hall–Kier alpha value is -2.95. The highest BCUT2D eigenvalue weighted by molar-refractivity contribution is 5.69. The van der Waals surface area contributed by atoms with Crippen molar-refractivity contribution in [1.29, 1.82) is 0 Å². The smallest absolute Gasteiger partial charge is 0.305 e. The van der Waals surface area contributed by atoms with Crippen molar-refractivity contribution in [3.8, 4) is 0 Å². The SMILES string of the molecule is CC(=O)OC(OC(C)=O)C(=Cc1ccc(F)cc1)Cc1ccccc1. The van der Waals surface area contributed by atoms with Crippen LogP contribution in [-0.4, -0.2) is 18.2 Å². The van der Waals surface area contributed by atoms with Crippen LogP contribution >= 0.6 is 0 Å². The fraction of sp³-hybridized carbons (Fsp3) is 0.200. The van der Waals surface area contributed by atoms with Gasteiger partial charge in [0.15, 0.2) is 0 Å². The fourth-order valence-electron chi connectivity index (χ4n) is 2.28. The summed E-state index contributed by atoms with van der Waals surface area (Å²) in [5.74, 6) is -1.48. The number of hydrogen-bond donors (Lipinski definition) is 0. The Labute approximate surface area is 145 Å². The number of carbonyl (C=O) groups is 2. The normalized spacial score (nSPS) is 11.3. The van der Waals surface area contributed by atoms with Gasteiger partial charge < -0.3 is 9.47 Å². The molecule has 25 heavy (non-hydrogen) atoms. The highest BCUT2D eigenvalue weighted by Gasteiger charge is 2.21. The maximum absolute atomic E-state index is 13.1. The Morgan fingerprint density at radius 3 is 2.04 bits per heavy atom. The molecule has 0 atom stereocenters. The van der Waals surface area contributed by atoms with Gasteiger partial charge in [-0.1, -0.05) is 42.5 Å². The van der Waals surface area contributed by atoms with E-state index >= 15 is 0 Å². The van der Waals surface area contributed by atoms with E-state index in [0.717, 1.165) is 5.56 Å². The molecule has 0 bridgehead atoms. The summed E-state index contributed by atoms with van der Waals surface area (Å²) in [6.07, 6.45) is 0.993. The van der Waals surface area contributed by atoms with Gasteiger partial charge in [-0.15, -0.1) is 0 Å². The third-order valence-corrected chi connectivity index (χ3v) is 3.32. The maximum atomic E-state index is 13.1. The van der Waals surface area contributed by atoms with Gasteiger partial charge in [0.25, 0.3) is 6.29 Å². The molecule has 0 saturated heterocycles. The zero-order chi connectivity index (χ0) is 18.2. The van der Waals surface area contributed by atoms with Crippen molar-refractivity contribution in [2.24, 2.45) is 0 Å². The van der Waals surface area contributed by atoms with Gasteiger partial charge in [0.2, 0.25) is 0 Å². The van der Waals surface area contributed by atoms with Crippen LogP contribution in [0.3, 0.4) is 0 Å². The molecule has 0 aliphatic heterocycles. The quantitative estimate of drug-likeness (QED) is 0.590. The summed E-state index contributed by atoms with van der Waals surface area (Å²) in [6, 6.07) is 15.3. The Kier molecular flexibility index (Phi) is 6.46. The number of halogens is 1. The van der Waals surface area contributed by atoms with Crippen molar-refractivity contribution < 1.29 is 23.5 Å². The molecule has 2 aromatic carbocycles. The molecule has 0 spiro atoms. The first-order chi connectivity index (χ1) is 11.9. The first-order valence-electron chi connectivity index (χ1n) is 7.78. The summed E-state index contributed by atoms with van der Waals surface area (Å²) in [5, 5.41) is 0. The molecule has 0 unspecified atom stereocenters. The number of rotatable bonds is 6. The molecule has 0 heterocycles. The van der Waals surface area contributed by atoms with Crippen LogP contribution in [0.1, 0.15) is 25.0 Å². The summed E-state index contributed by atoms with van der Waals surface area (Å²) in [7, 11) is 0. The van der Waals surface area contributed by atoms with Gasteiger partial charge in [-0.05, 0) is 29.3 Å². The van der Waals surface area contributed by atoms with E-state index in [0.29, 0.717) is 17.6 Å². The second-order valence-electron chi connectivity index (χ2n) is 5.48. The van der Waals surface area contributed by atoms with E-state index in [1.54, 1.807) is 18.2 Å². The molecular formula is C20H19FO4. The first kappa shape index (κ1) is 18.4. The lowest BCUT2D eigenvalue weighted by Gasteiger charge is -2.20. The van der Waals surface area contributed by atoms with E-state index in [2.05, 4.69) is 0 Å². The summed E-state index contributed by atoms with van der Waals surface area (Å²) in [5.41, 5.74) is 2.24. The lowest BCUT2D eigenvalue weighted by molar-refractivity contribution is -0.178. The van der Waals surface area contributed by atoms with Crippen molar-refractivity contribution in [2.45, 2.75) is 26.6 Å². The minimum Gasteiger partial charge on any atom is -0.421 e. The predicted molar refractivity (Wildman–Crippen MR) is 91.8 cm³/mol. The van der Waals surface area contributed by atoms with E-state index in [4.69, 9.17) is 9.47 Å². The molecule has 0 amide bonds. The van der Waals surface area contributed by atoms with Crippen molar-refractivity contribution >= 4 is 18.0 Å². The van der Waals surface area contributed by atoms with Gasteiger partial charge in [0, 0.05) is 25.8 Å². The molecule has 2 aromatic rings. The van der Waals surface area contributed by atoms with Gasteiger partial charge in [-0.3, -0.25) is 9.59 Å². The van der Waals surface area contributed by atoms with E-state index < -0.39 is 18.2 Å². The van der Waals surface area contributed by atoms with Crippen LogP contribution in [0.5, 0.6) is 0 Å². The highest BCUT2D eigenvalue weighted by atomic mass is 19.1. The van der Waals surface area contributed by atoms with Crippen LogP contribution in [0.4, 0.5) is 4.39 Å². The molecule has 0 N–H and O–H groups in total. The standard InChI is InChI=1S/C20H19FO4/c1-14(22)24-20(25-15(2)23)18(12-16-6-4-3-5-7-16)13-17-8-10-19(21)11-9-17/h3-11,13,20H,12H2,1-2H3. The van der Waals surface area contributed by atoms with Crippen LogP contribution in [-0.2, 0) is 25.5 Å². The second kappa shape index (κ2) is 8.78. The average molecular weight is 342 g/mol. The largest absolute Gasteiger partial charge is 0.421 e. The molecule has 0 fully saturated rings. The predicted octanol–water partition coefficient (Wildman–Crippen LogP) is 3.90. The average Bonchev–Trinajstić information content (AvgIpc) is 2.56. The molecule has 5 heteroatoms. The summed E-state index contributed by atoms with van der Waals surface area (Å²) >= 11 is 0. The topological polar surface area (TPSA) is 52.6 Å². The molecule has 4 nitrogen and oxygen atoms in total. The molecule has 0 radical (unpaired) electrons. The van der Waals surface area contributed by atoms with Crippen LogP contribution in [0.25, 0.3) is 6.08 Å². The van der Waals surface area contributed by atoms with Crippen molar-refractivity contribution in [2.75, 3.05) is 0 Å². The number of benzene rings is 2. The van der Waals surface area contributed by atoms with E-state index in [9.17, 15) is 14.0 Å². The fourth-order valence-corrected chi connectivity index (χ4v) is 2.28. The summed E-state index contributed by atoms with van der Waals surface area (Å²) < 4.78 is 23.4. The summed E-state index contributed by atoms with van der Waals surface area (Å²) in [4.78, 5) is 22.8. The van der Waals surface area contributed by atoms with Crippen molar-refractivity contribution in [3.05, 3.63) is 77.1 Å². The lowest BCUT2D eigenvalue weighted by atomic mass is 10.0. The van der Waals surface area contributed by atoms with Crippen LogP contribution < -0.4 is 0 Å². The highest BCUT2D eigenvalue weighted by Crippen LogP contribution is 2.20. The van der Waals surface area contributed by atoms with E-state index in [1.165, 1.54) is 26.0 Å². The van der Waals surface area contributed by atoms with Crippen molar-refractivity contribution in [3.63, 3.8) is 0 Å². The Morgan fingerprint density at radius 1 is 0.960 bits per heavy atom. The van der Waals surface area contributed by atoms with Crippen molar-refractivity contribution in [1.82, 2.24) is 0 Å². The van der Waals surface area contributed by atoms with Gasteiger partial charge in [-0.2, -0.15) is 0 Å². The Morgan fingerprint density at radius 2 is 1.52 bits per heavy atom. The molecule has 0 aliphatic rings. The molecule has 2 rings (SSSR count). The Balaban J connectivity index is 2.39. The molecule has 0 aromatic heterocycles. The maximum Gasteiger partial charge on any atom is 0.305 e. The third-order valence-electron chi connectivity index (χ3n) is 3.32. The minimum atomic E-state index is -1.14. The van der Waals surface area contributed by atoms with E-state index in [1.807, 2.05) is 30.3 Å². The number of esters is 2. The molecular weight excluding hydrogens is 323 g/mol. The molecule has 0 saturated carbocycles. The summed E-state index contributed by atoms with van der Waals surface area (Å²) in [6.45, 7) is 2.49. The molecule has 130 valence electrons. The van der Waals surface area contributed by atoms with Gasteiger partial charge >= 0.3 is 11.9 Å². The van der Waals surface area contributed by atoms with Crippen LogP contribution in [0.15, 0.2) is 60.2 Å². The zero-order valence-corrected chi connectivity index (χ0v) is 14.1. The van der Waals surface area contributed by atoms with Gasteiger partial charge in [0.05, 0.1) is 0 Å². The van der Waals surface area contributed by atoms with E-state index in [-0.39, 0.29) is 5.82 Å². The lowest BCUT2D eigenvalue weighted by Crippen LogP contribution is -2.25. The monoisotopic (exact) mass is 342 g/mol. The minimum absolute atomic E-state index is 0.349.